The lowest BCUT2D eigenvalue weighted by atomic mass is 10.1. The topological polar surface area (TPSA) is 71.5 Å². The van der Waals surface area contributed by atoms with Gasteiger partial charge in [-0.1, -0.05) is 41.4 Å². The lowest BCUT2D eigenvalue weighted by Gasteiger charge is -2.30. The highest BCUT2D eigenvalue weighted by Crippen LogP contribution is 2.30. The van der Waals surface area contributed by atoms with Gasteiger partial charge in [-0.2, -0.15) is 4.31 Å². The van der Waals surface area contributed by atoms with Crippen LogP contribution in [-0.4, -0.2) is 45.7 Å². The molecule has 1 heterocycles. The van der Waals surface area contributed by atoms with E-state index in [2.05, 4.69) is 0 Å². The molecule has 3 rings (SSSR count). The standard InChI is InChI=1S/C18H19Cl2NO4S2/c1-26(22,23)15-8-10-21(11-9-15)27(24,25)16-5-2-13(3-6-16)14-4-7-17(19)18(20)12-14/h2-7,12,15H,8-11H2,1H3. The smallest absolute Gasteiger partial charge is 0.229 e. The second-order valence-corrected chi connectivity index (χ2v) is 11.7. The Labute approximate surface area is 169 Å². The first kappa shape index (κ1) is 20.6. The van der Waals surface area contributed by atoms with Crippen LogP contribution in [0.25, 0.3) is 11.1 Å². The average molecular weight is 448 g/mol. The molecule has 2 aromatic rings. The highest BCUT2D eigenvalue weighted by atomic mass is 35.5. The molecular formula is C18H19Cl2NO4S2. The van der Waals surface area contributed by atoms with E-state index < -0.39 is 25.1 Å². The fourth-order valence-electron chi connectivity index (χ4n) is 3.14. The van der Waals surface area contributed by atoms with Crippen molar-refractivity contribution < 1.29 is 16.8 Å². The van der Waals surface area contributed by atoms with Crippen molar-refractivity contribution in [1.82, 2.24) is 4.31 Å². The van der Waals surface area contributed by atoms with Crippen molar-refractivity contribution in [3.63, 3.8) is 0 Å². The SMILES string of the molecule is CS(=O)(=O)C1CCN(S(=O)(=O)c2ccc(-c3ccc(Cl)c(Cl)c3)cc2)CC1. The summed E-state index contributed by atoms with van der Waals surface area (Å²) in [5, 5.41) is 0.415. The number of hydrogen-bond acceptors (Lipinski definition) is 4. The third-order valence-corrected chi connectivity index (χ3v) is 9.09. The molecule has 0 unspecified atom stereocenters. The average Bonchev–Trinajstić information content (AvgIpc) is 2.63. The molecule has 5 nitrogen and oxygen atoms in total. The van der Waals surface area contributed by atoms with Crippen molar-refractivity contribution in [1.29, 1.82) is 0 Å². The van der Waals surface area contributed by atoms with Crippen LogP contribution in [-0.2, 0) is 19.9 Å². The van der Waals surface area contributed by atoms with Crippen molar-refractivity contribution in [3.8, 4) is 11.1 Å². The van der Waals surface area contributed by atoms with Crippen molar-refractivity contribution >= 4 is 43.1 Å². The molecular weight excluding hydrogens is 429 g/mol. The fourth-order valence-corrected chi connectivity index (χ4v) is 5.98. The molecule has 0 radical (unpaired) electrons. The first-order chi connectivity index (χ1) is 12.6. The van der Waals surface area contributed by atoms with E-state index in [-0.39, 0.29) is 18.0 Å². The minimum atomic E-state index is -3.65. The molecule has 0 aromatic heterocycles. The molecule has 1 fully saturated rings. The predicted molar refractivity (Wildman–Crippen MR) is 109 cm³/mol. The molecule has 0 amide bonds. The molecule has 0 bridgehead atoms. The van der Waals surface area contributed by atoms with Crippen molar-refractivity contribution in [2.45, 2.75) is 23.0 Å². The number of halogens is 2. The summed E-state index contributed by atoms with van der Waals surface area (Å²) in [5.41, 5.74) is 1.66. The summed E-state index contributed by atoms with van der Waals surface area (Å²) in [6.45, 7) is 0.406. The molecule has 27 heavy (non-hydrogen) atoms. The third-order valence-electron chi connectivity index (χ3n) is 4.75. The van der Waals surface area contributed by atoms with Gasteiger partial charge in [0.2, 0.25) is 10.0 Å². The second kappa shape index (κ2) is 7.72. The maximum absolute atomic E-state index is 12.8. The molecule has 0 saturated carbocycles. The van der Waals surface area contributed by atoms with E-state index in [1.54, 1.807) is 36.4 Å². The summed E-state index contributed by atoms with van der Waals surface area (Å²) in [6.07, 6.45) is 1.84. The Bertz CT molecular complexity index is 1040. The van der Waals surface area contributed by atoms with Gasteiger partial charge in [0.05, 0.1) is 20.2 Å². The number of sulfonamides is 1. The first-order valence-corrected chi connectivity index (χ1v) is 12.5. The quantitative estimate of drug-likeness (QED) is 0.712. The van der Waals surface area contributed by atoms with E-state index in [0.29, 0.717) is 22.9 Å². The van der Waals surface area contributed by atoms with Crippen LogP contribution < -0.4 is 0 Å². The molecule has 0 atom stereocenters. The van der Waals surface area contributed by atoms with Crippen molar-refractivity contribution in [2.75, 3.05) is 19.3 Å². The van der Waals surface area contributed by atoms with Gasteiger partial charge in [-0.15, -0.1) is 0 Å². The van der Waals surface area contributed by atoms with Crippen LogP contribution >= 0.6 is 23.2 Å². The van der Waals surface area contributed by atoms with Crippen LogP contribution in [0.3, 0.4) is 0 Å². The summed E-state index contributed by atoms with van der Waals surface area (Å²) >= 11 is 12.0. The Morgan fingerprint density at radius 1 is 0.852 bits per heavy atom. The van der Waals surface area contributed by atoms with E-state index in [9.17, 15) is 16.8 Å². The number of sulfone groups is 1. The summed E-state index contributed by atoms with van der Waals surface area (Å²) in [6, 6.07) is 11.8. The second-order valence-electron chi connectivity index (χ2n) is 6.59. The Balaban J connectivity index is 1.79. The van der Waals surface area contributed by atoms with E-state index in [1.807, 2.05) is 6.07 Å². The van der Waals surface area contributed by atoms with E-state index in [0.717, 1.165) is 11.1 Å². The van der Waals surface area contributed by atoms with Gasteiger partial charge < -0.3 is 0 Å². The number of nitrogens with zero attached hydrogens (tertiary/aromatic N) is 1. The molecule has 0 spiro atoms. The number of hydrogen-bond donors (Lipinski definition) is 0. The maximum atomic E-state index is 12.8. The zero-order valence-electron chi connectivity index (χ0n) is 14.6. The number of rotatable bonds is 4. The maximum Gasteiger partial charge on any atom is 0.243 e. The first-order valence-electron chi connectivity index (χ1n) is 8.33. The van der Waals surface area contributed by atoms with Gasteiger partial charge in [0, 0.05) is 19.3 Å². The Morgan fingerprint density at radius 3 is 1.93 bits per heavy atom. The van der Waals surface area contributed by atoms with Gasteiger partial charge in [-0.3, -0.25) is 0 Å². The normalized spacial score (nSPS) is 17.1. The van der Waals surface area contributed by atoms with Crippen LogP contribution in [0.1, 0.15) is 12.8 Å². The molecule has 0 N–H and O–H groups in total. The highest BCUT2D eigenvalue weighted by molar-refractivity contribution is 7.91. The van der Waals surface area contributed by atoms with Crippen LogP contribution in [0, 0.1) is 0 Å². The van der Waals surface area contributed by atoms with Crippen LogP contribution in [0.4, 0.5) is 0 Å². The van der Waals surface area contributed by atoms with Crippen LogP contribution in [0.2, 0.25) is 10.0 Å². The summed E-state index contributed by atoms with van der Waals surface area (Å²) in [7, 11) is -6.80. The van der Waals surface area contributed by atoms with Crippen LogP contribution in [0.5, 0.6) is 0 Å². The zero-order chi connectivity index (χ0) is 19.8. The van der Waals surface area contributed by atoms with Crippen LogP contribution in [0.15, 0.2) is 47.4 Å². The zero-order valence-corrected chi connectivity index (χ0v) is 17.7. The van der Waals surface area contributed by atoms with Crippen molar-refractivity contribution in [2.24, 2.45) is 0 Å². The lowest BCUT2D eigenvalue weighted by molar-refractivity contribution is 0.346. The number of piperidine rings is 1. The van der Waals surface area contributed by atoms with E-state index in [4.69, 9.17) is 23.2 Å². The monoisotopic (exact) mass is 447 g/mol. The highest BCUT2D eigenvalue weighted by Gasteiger charge is 2.33. The van der Waals surface area contributed by atoms with Gasteiger partial charge in [0.15, 0.2) is 0 Å². The predicted octanol–water partition coefficient (Wildman–Crippen LogP) is 3.86. The minimum Gasteiger partial charge on any atom is -0.229 e. The Morgan fingerprint density at radius 2 is 1.41 bits per heavy atom. The Hall–Kier alpha value is -1.12. The minimum absolute atomic E-state index is 0.184. The molecule has 0 aliphatic carbocycles. The van der Waals surface area contributed by atoms with Gasteiger partial charge in [0.1, 0.15) is 9.84 Å². The molecule has 1 saturated heterocycles. The summed E-state index contributed by atoms with van der Waals surface area (Å²) in [4.78, 5) is 0.184. The van der Waals surface area contributed by atoms with E-state index >= 15 is 0 Å². The van der Waals surface area contributed by atoms with Crippen molar-refractivity contribution in [3.05, 3.63) is 52.5 Å². The van der Waals surface area contributed by atoms with Gasteiger partial charge in [0.25, 0.3) is 0 Å². The van der Waals surface area contributed by atoms with E-state index in [1.165, 1.54) is 10.6 Å². The Kier molecular flexibility index (Phi) is 5.89. The molecule has 146 valence electrons. The molecule has 1 aliphatic heterocycles. The molecule has 1 aliphatic rings. The fraction of sp³-hybridized carbons (Fsp3) is 0.333. The van der Waals surface area contributed by atoms with Gasteiger partial charge >= 0.3 is 0 Å². The lowest BCUT2D eigenvalue weighted by Crippen LogP contribution is -2.42. The van der Waals surface area contributed by atoms with Gasteiger partial charge in [-0.25, -0.2) is 16.8 Å². The number of benzene rings is 2. The third kappa shape index (κ3) is 4.49. The molecule has 9 heteroatoms. The largest absolute Gasteiger partial charge is 0.243 e. The molecule has 2 aromatic carbocycles. The summed E-state index contributed by atoms with van der Waals surface area (Å²) < 4.78 is 50.3. The van der Waals surface area contributed by atoms with Gasteiger partial charge in [-0.05, 0) is 48.2 Å². The summed E-state index contributed by atoms with van der Waals surface area (Å²) in [5.74, 6) is 0.